The highest BCUT2D eigenvalue weighted by Crippen LogP contribution is 2.35. The van der Waals surface area contributed by atoms with E-state index in [-0.39, 0.29) is 22.5 Å². The van der Waals surface area contributed by atoms with Gasteiger partial charge in [-0.2, -0.15) is 0 Å². The molecule has 1 aromatic carbocycles. The molecule has 8 heteroatoms. The molecule has 0 radical (unpaired) electrons. The van der Waals surface area contributed by atoms with E-state index in [2.05, 4.69) is 20.7 Å². The number of hydrogen-bond donors (Lipinski definition) is 1. The molecular weight excluding hydrogens is 327 g/mol. The van der Waals surface area contributed by atoms with Crippen LogP contribution < -0.4 is 13.8 Å². The Balaban J connectivity index is 3.37. The largest absolute Gasteiger partial charge is 0.494 e. The van der Waals surface area contributed by atoms with E-state index < -0.39 is 17.0 Å². The number of benzene rings is 1. The number of carbonyl (C=O) groups excluding carboxylic acids is 1. The SMILES string of the molecule is CNS(=O)N(CC=O)c1c(OC)ccc(Br)c1F. The second-order valence-corrected chi connectivity index (χ2v) is 5.29. The predicted octanol–water partition coefficient (Wildman–Crippen LogP) is 1.40. The van der Waals surface area contributed by atoms with Gasteiger partial charge in [0.15, 0.2) is 17.0 Å². The second-order valence-electron chi connectivity index (χ2n) is 3.09. The number of methoxy groups -OCH3 is 1. The molecule has 5 nitrogen and oxygen atoms in total. The first-order valence-corrected chi connectivity index (χ1v) is 6.79. The smallest absolute Gasteiger partial charge is 0.196 e. The lowest BCUT2D eigenvalue weighted by molar-refractivity contribution is -0.106. The first-order chi connectivity index (χ1) is 8.56. The first-order valence-electron chi connectivity index (χ1n) is 4.89. The molecule has 0 aliphatic carbocycles. The number of hydrogen-bond acceptors (Lipinski definition) is 3. The summed E-state index contributed by atoms with van der Waals surface area (Å²) < 4.78 is 34.6. The van der Waals surface area contributed by atoms with Crippen LogP contribution in [0.2, 0.25) is 0 Å². The van der Waals surface area contributed by atoms with Crippen LogP contribution >= 0.6 is 15.9 Å². The van der Waals surface area contributed by atoms with Gasteiger partial charge in [0, 0.05) is 0 Å². The molecule has 1 atom stereocenters. The summed E-state index contributed by atoms with van der Waals surface area (Å²) in [4.78, 5) is 10.6. The fourth-order valence-electron chi connectivity index (χ4n) is 1.34. The monoisotopic (exact) mass is 338 g/mol. The Hall–Kier alpha value is -0.990. The highest BCUT2D eigenvalue weighted by molar-refractivity contribution is 9.10. The Labute approximate surface area is 115 Å². The maximum Gasteiger partial charge on any atom is 0.196 e. The molecule has 0 spiro atoms. The zero-order valence-electron chi connectivity index (χ0n) is 9.78. The van der Waals surface area contributed by atoms with Gasteiger partial charge in [0.2, 0.25) is 0 Å². The summed E-state index contributed by atoms with van der Waals surface area (Å²) in [6.45, 7) is -0.225. The highest BCUT2D eigenvalue weighted by Gasteiger charge is 2.23. The van der Waals surface area contributed by atoms with Crippen LogP contribution in [0.3, 0.4) is 0 Å². The summed E-state index contributed by atoms with van der Waals surface area (Å²) in [5, 5.41) is 0. The number of rotatable bonds is 6. The van der Waals surface area contributed by atoms with Gasteiger partial charge in [-0.1, -0.05) is 0 Å². The molecule has 100 valence electrons. The molecular formula is C10H12BrFN2O3S. The third-order valence-corrected chi connectivity index (χ3v) is 3.81. The minimum Gasteiger partial charge on any atom is -0.494 e. The maximum atomic E-state index is 14.1. The number of halogens is 2. The lowest BCUT2D eigenvalue weighted by Gasteiger charge is -2.23. The molecule has 0 saturated heterocycles. The molecule has 1 unspecified atom stereocenters. The van der Waals surface area contributed by atoms with Gasteiger partial charge in [-0.05, 0) is 35.1 Å². The number of nitrogens with zero attached hydrogens (tertiary/aromatic N) is 1. The predicted molar refractivity (Wildman–Crippen MR) is 71.3 cm³/mol. The van der Waals surface area contributed by atoms with Crippen molar-refractivity contribution >= 4 is 39.1 Å². The minimum absolute atomic E-state index is 0.0355. The Kier molecular flexibility index (Phi) is 5.70. The number of anilines is 1. The van der Waals surface area contributed by atoms with E-state index >= 15 is 0 Å². The summed E-state index contributed by atoms with van der Waals surface area (Å²) in [5.41, 5.74) is -0.0355. The van der Waals surface area contributed by atoms with Gasteiger partial charge < -0.3 is 9.53 Å². The molecule has 1 aromatic rings. The van der Waals surface area contributed by atoms with Gasteiger partial charge in [-0.25, -0.2) is 13.3 Å². The quantitative estimate of drug-likeness (QED) is 0.797. The molecule has 0 fully saturated rings. The molecule has 18 heavy (non-hydrogen) atoms. The summed E-state index contributed by atoms with van der Waals surface area (Å²) in [5.74, 6) is -0.444. The van der Waals surface area contributed by atoms with Crippen LogP contribution in [0.5, 0.6) is 5.75 Å². The standard InChI is InChI=1S/C10H12BrFN2O3S/c1-13-18(16)14(5-6-15)10-8(17-2)4-3-7(11)9(10)12/h3-4,6,13H,5H2,1-2H3. The lowest BCUT2D eigenvalue weighted by atomic mass is 10.2. The summed E-state index contributed by atoms with van der Waals surface area (Å²) in [6, 6.07) is 2.99. The average molecular weight is 339 g/mol. The van der Waals surface area contributed by atoms with Crippen molar-refractivity contribution < 1.29 is 18.1 Å². The zero-order valence-corrected chi connectivity index (χ0v) is 12.2. The zero-order chi connectivity index (χ0) is 13.7. The summed E-state index contributed by atoms with van der Waals surface area (Å²) in [6.07, 6.45) is 0.537. The summed E-state index contributed by atoms with van der Waals surface area (Å²) >= 11 is 1.30. The Morgan fingerprint density at radius 1 is 1.61 bits per heavy atom. The van der Waals surface area contributed by atoms with Gasteiger partial charge in [0.05, 0.1) is 18.1 Å². The van der Waals surface area contributed by atoms with E-state index in [9.17, 15) is 13.4 Å². The van der Waals surface area contributed by atoms with Gasteiger partial charge in [-0.15, -0.1) is 0 Å². The third kappa shape index (κ3) is 3.06. The Morgan fingerprint density at radius 2 is 2.28 bits per heavy atom. The third-order valence-electron chi connectivity index (χ3n) is 2.12. The van der Waals surface area contributed by atoms with Crippen LogP contribution in [0.15, 0.2) is 16.6 Å². The van der Waals surface area contributed by atoms with E-state index in [4.69, 9.17) is 4.74 Å². The maximum absolute atomic E-state index is 14.1. The lowest BCUT2D eigenvalue weighted by Crippen LogP contribution is -2.35. The number of aldehydes is 1. The van der Waals surface area contributed by atoms with Crippen LogP contribution in [-0.4, -0.2) is 31.2 Å². The van der Waals surface area contributed by atoms with Gasteiger partial charge in [0.25, 0.3) is 0 Å². The normalized spacial score (nSPS) is 12.0. The van der Waals surface area contributed by atoms with Crippen LogP contribution in [0, 0.1) is 5.82 Å². The number of nitrogens with one attached hydrogen (secondary N) is 1. The molecule has 0 heterocycles. The highest BCUT2D eigenvalue weighted by atomic mass is 79.9. The minimum atomic E-state index is -1.73. The average Bonchev–Trinajstić information content (AvgIpc) is 2.38. The molecule has 0 aliphatic heterocycles. The van der Waals surface area contributed by atoms with Crippen molar-refractivity contribution in [3.8, 4) is 5.75 Å². The number of carbonyl (C=O) groups is 1. The van der Waals surface area contributed by atoms with E-state index in [1.165, 1.54) is 26.3 Å². The van der Waals surface area contributed by atoms with E-state index in [1.54, 1.807) is 0 Å². The molecule has 0 aliphatic rings. The topological polar surface area (TPSA) is 58.6 Å². The fourth-order valence-corrected chi connectivity index (χ4v) is 2.41. The van der Waals surface area contributed by atoms with Gasteiger partial charge in [-0.3, -0.25) is 4.31 Å². The van der Waals surface area contributed by atoms with Crippen molar-refractivity contribution in [1.29, 1.82) is 0 Å². The van der Waals surface area contributed by atoms with Crippen LogP contribution in [0.1, 0.15) is 0 Å². The summed E-state index contributed by atoms with van der Waals surface area (Å²) in [7, 11) is 2.81. The molecule has 1 rings (SSSR count). The van der Waals surface area contributed by atoms with E-state index in [1.807, 2.05) is 0 Å². The number of ether oxygens (including phenoxy) is 1. The molecule has 0 amide bonds. The van der Waals surface area contributed by atoms with Crippen molar-refractivity contribution in [2.75, 3.05) is 25.0 Å². The second kappa shape index (κ2) is 6.81. The van der Waals surface area contributed by atoms with Crippen LogP contribution in [-0.2, 0) is 16.0 Å². The molecule has 1 N–H and O–H groups in total. The van der Waals surface area contributed by atoms with Crippen LogP contribution in [0.25, 0.3) is 0 Å². The molecule has 0 saturated carbocycles. The van der Waals surface area contributed by atoms with E-state index in [0.717, 1.165) is 4.31 Å². The Morgan fingerprint density at radius 3 is 2.78 bits per heavy atom. The van der Waals surface area contributed by atoms with E-state index in [0.29, 0.717) is 6.29 Å². The van der Waals surface area contributed by atoms with Crippen molar-refractivity contribution in [1.82, 2.24) is 4.72 Å². The molecule has 0 aromatic heterocycles. The van der Waals surface area contributed by atoms with Crippen molar-refractivity contribution in [3.05, 3.63) is 22.4 Å². The van der Waals surface area contributed by atoms with Crippen molar-refractivity contribution in [2.45, 2.75) is 0 Å². The Bertz CT molecular complexity index is 473. The molecule has 0 bridgehead atoms. The van der Waals surface area contributed by atoms with Gasteiger partial charge >= 0.3 is 0 Å². The van der Waals surface area contributed by atoms with Crippen molar-refractivity contribution in [3.63, 3.8) is 0 Å². The van der Waals surface area contributed by atoms with Crippen LogP contribution in [0.4, 0.5) is 10.1 Å². The first kappa shape index (κ1) is 15.1. The van der Waals surface area contributed by atoms with Gasteiger partial charge in [0.1, 0.15) is 17.7 Å². The van der Waals surface area contributed by atoms with Crippen molar-refractivity contribution in [2.24, 2.45) is 0 Å². The fraction of sp³-hybridized carbons (Fsp3) is 0.300.